The Morgan fingerprint density at radius 3 is 3.15 bits per heavy atom. The molecular weight excluding hydrogens is 166 g/mol. The topological polar surface area (TPSA) is 38.3 Å². The van der Waals surface area contributed by atoms with Crippen LogP contribution in [-0.4, -0.2) is 29.0 Å². The molecule has 70 valence electrons. The van der Waals surface area contributed by atoms with E-state index in [0.29, 0.717) is 6.61 Å². The molecule has 2 rings (SSSR count). The Hall–Kier alpha value is -1.00. The van der Waals surface area contributed by atoms with E-state index in [1.165, 1.54) is 5.56 Å². The average Bonchev–Trinajstić information content (AvgIpc) is 2.44. The molecule has 2 heterocycles. The fourth-order valence-electron chi connectivity index (χ4n) is 1.55. The molecule has 1 aliphatic rings. The normalized spacial score (nSPS) is 16.2. The Morgan fingerprint density at radius 1 is 1.54 bits per heavy atom. The van der Waals surface area contributed by atoms with Crippen molar-refractivity contribution in [2.45, 2.75) is 19.7 Å². The Morgan fingerprint density at radius 2 is 2.38 bits per heavy atom. The van der Waals surface area contributed by atoms with E-state index in [2.05, 4.69) is 21.9 Å². The highest BCUT2D eigenvalue weighted by molar-refractivity contribution is 5.21. The molecule has 0 aromatic carbocycles. The van der Waals surface area contributed by atoms with Gasteiger partial charge in [0.25, 0.3) is 0 Å². The molecule has 0 saturated carbocycles. The molecule has 0 saturated heterocycles. The molecule has 0 bridgehead atoms. The maximum Gasteiger partial charge on any atom is 0.154 e. The van der Waals surface area contributed by atoms with Gasteiger partial charge in [-0.05, 0) is 7.05 Å². The van der Waals surface area contributed by atoms with E-state index in [1.54, 1.807) is 7.11 Å². The summed E-state index contributed by atoms with van der Waals surface area (Å²) in [5.41, 5.74) is 2.38. The Kier molecular flexibility index (Phi) is 2.24. The Balaban J connectivity index is 2.24. The molecule has 0 spiro atoms. The van der Waals surface area contributed by atoms with Gasteiger partial charge in [-0.3, -0.25) is 4.90 Å². The van der Waals surface area contributed by atoms with Gasteiger partial charge in [0.1, 0.15) is 6.61 Å². The number of hydrogen-bond acceptors (Lipinski definition) is 4. The van der Waals surface area contributed by atoms with E-state index in [0.717, 1.165) is 24.6 Å². The van der Waals surface area contributed by atoms with E-state index in [4.69, 9.17) is 4.74 Å². The van der Waals surface area contributed by atoms with Crippen molar-refractivity contribution in [3.63, 3.8) is 0 Å². The van der Waals surface area contributed by atoms with Gasteiger partial charge >= 0.3 is 0 Å². The van der Waals surface area contributed by atoms with Gasteiger partial charge in [0.2, 0.25) is 0 Å². The van der Waals surface area contributed by atoms with Crippen LogP contribution in [0.4, 0.5) is 0 Å². The third-order valence-corrected chi connectivity index (χ3v) is 2.14. The van der Waals surface area contributed by atoms with E-state index in [9.17, 15) is 0 Å². The highest BCUT2D eigenvalue weighted by Gasteiger charge is 2.17. The predicted octanol–water partition coefficient (Wildman–Crippen LogP) is 0.568. The van der Waals surface area contributed by atoms with E-state index in [1.807, 2.05) is 6.20 Å². The van der Waals surface area contributed by atoms with E-state index in [-0.39, 0.29) is 0 Å². The van der Waals surface area contributed by atoms with E-state index < -0.39 is 0 Å². The van der Waals surface area contributed by atoms with Crippen molar-refractivity contribution in [1.82, 2.24) is 14.9 Å². The molecule has 0 fully saturated rings. The molecule has 1 aliphatic heterocycles. The van der Waals surface area contributed by atoms with Gasteiger partial charge in [0, 0.05) is 32.0 Å². The lowest BCUT2D eigenvalue weighted by Crippen LogP contribution is -2.07. The first-order chi connectivity index (χ1) is 6.29. The largest absolute Gasteiger partial charge is 0.377 e. The number of ether oxygens (including phenoxy) is 1. The standard InChI is InChI=1S/C9H13N3O/c1-12-4-7-3-10-9(6-13-2)11-8(7)5-12/h3H,4-6H2,1-2H3. The van der Waals surface area contributed by atoms with Crippen molar-refractivity contribution >= 4 is 0 Å². The zero-order valence-electron chi connectivity index (χ0n) is 7.95. The number of hydrogen-bond donors (Lipinski definition) is 0. The van der Waals surface area contributed by atoms with Gasteiger partial charge in [0.05, 0.1) is 5.69 Å². The maximum absolute atomic E-state index is 4.98. The molecule has 0 N–H and O–H groups in total. The van der Waals surface area contributed by atoms with Gasteiger partial charge in [-0.2, -0.15) is 0 Å². The summed E-state index contributed by atoms with van der Waals surface area (Å²) in [6.07, 6.45) is 1.90. The molecule has 13 heavy (non-hydrogen) atoms. The summed E-state index contributed by atoms with van der Waals surface area (Å²) in [7, 11) is 3.74. The molecule has 1 aromatic rings. The molecule has 0 radical (unpaired) electrons. The second-order valence-electron chi connectivity index (χ2n) is 3.36. The van der Waals surface area contributed by atoms with Crippen molar-refractivity contribution in [2.24, 2.45) is 0 Å². The van der Waals surface area contributed by atoms with Crippen molar-refractivity contribution < 1.29 is 4.74 Å². The predicted molar refractivity (Wildman–Crippen MR) is 47.9 cm³/mol. The van der Waals surface area contributed by atoms with Crippen LogP contribution in [0.5, 0.6) is 0 Å². The molecule has 0 aliphatic carbocycles. The first-order valence-electron chi connectivity index (χ1n) is 4.30. The van der Waals surface area contributed by atoms with Crippen LogP contribution in [0.25, 0.3) is 0 Å². The molecule has 1 aromatic heterocycles. The fourth-order valence-corrected chi connectivity index (χ4v) is 1.55. The van der Waals surface area contributed by atoms with Crippen molar-refractivity contribution in [2.75, 3.05) is 14.2 Å². The van der Waals surface area contributed by atoms with Crippen LogP contribution < -0.4 is 0 Å². The van der Waals surface area contributed by atoms with Crippen LogP contribution in [0.1, 0.15) is 17.1 Å². The Labute approximate surface area is 77.6 Å². The minimum atomic E-state index is 0.497. The van der Waals surface area contributed by atoms with Gasteiger partial charge in [0.15, 0.2) is 5.82 Å². The zero-order valence-corrected chi connectivity index (χ0v) is 7.95. The second kappa shape index (κ2) is 3.40. The molecule has 0 amide bonds. The van der Waals surface area contributed by atoms with Gasteiger partial charge in [-0.15, -0.1) is 0 Å². The van der Waals surface area contributed by atoms with Crippen molar-refractivity contribution in [3.8, 4) is 0 Å². The number of aromatic nitrogens is 2. The zero-order chi connectivity index (χ0) is 9.26. The van der Waals surface area contributed by atoms with Crippen LogP contribution in [0.3, 0.4) is 0 Å². The van der Waals surface area contributed by atoms with Crippen LogP contribution in [0.2, 0.25) is 0 Å². The molecule has 0 atom stereocenters. The third kappa shape index (κ3) is 1.68. The lowest BCUT2D eigenvalue weighted by molar-refractivity contribution is 0.177. The van der Waals surface area contributed by atoms with Gasteiger partial charge in [-0.25, -0.2) is 9.97 Å². The molecule has 4 nitrogen and oxygen atoms in total. The van der Waals surface area contributed by atoms with Crippen molar-refractivity contribution in [3.05, 3.63) is 23.3 Å². The van der Waals surface area contributed by atoms with Crippen LogP contribution in [-0.2, 0) is 24.4 Å². The highest BCUT2D eigenvalue weighted by atomic mass is 16.5. The fraction of sp³-hybridized carbons (Fsp3) is 0.556. The quantitative estimate of drug-likeness (QED) is 0.665. The monoisotopic (exact) mass is 179 g/mol. The summed E-state index contributed by atoms with van der Waals surface area (Å²) in [6.45, 7) is 2.38. The van der Waals surface area contributed by atoms with Gasteiger partial charge < -0.3 is 4.74 Å². The lowest BCUT2D eigenvalue weighted by atomic mass is 10.3. The van der Waals surface area contributed by atoms with Crippen molar-refractivity contribution in [1.29, 1.82) is 0 Å². The number of nitrogens with zero attached hydrogens (tertiary/aromatic N) is 3. The summed E-state index contributed by atoms with van der Waals surface area (Å²) in [5.74, 6) is 0.775. The van der Waals surface area contributed by atoms with Crippen LogP contribution in [0.15, 0.2) is 6.20 Å². The van der Waals surface area contributed by atoms with Crippen LogP contribution >= 0.6 is 0 Å². The lowest BCUT2D eigenvalue weighted by Gasteiger charge is -2.02. The summed E-state index contributed by atoms with van der Waals surface area (Å²) in [4.78, 5) is 10.8. The first kappa shape index (κ1) is 8.59. The van der Waals surface area contributed by atoms with Crippen LogP contribution in [0, 0.1) is 0 Å². The third-order valence-electron chi connectivity index (χ3n) is 2.14. The smallest absolute Gasteiger partial charge is 0.154 e. The molecule has 0 unspecified atom stereocenters. The summed E-state index contributed by atoms with van der Waals surface area (Å²) in [5, 5.41) is 0. The summed E-state index contributed by atoms with van der Waals surface area (Å²) < 4.78 is 4.98. The minimum Gasteiger partial charge on any atom is -0.377 e. The summed E-state index contributed by atoms with van der Waals surface area (Å²) in [6, 6.07) is 0. The second-order valence-corrected chi connectivity index (χ2v) is 3.36. The van der Waals surface area contributed by atoms with E-state index >= 15 is 0 Å². The number of rotatable bonds is 2. The average molecular weight is 179 g/mol. The first-order valence-corrected chi connectivity index (χ1v) is 4.30. The molecular formula is C9H13N3O. The minimum absolute atomic E-state index is 0.497. The molecule has 4 heteroatoms. The number of fused-ring (bicyclic) bond motifs is 1. The Bertz CT molecular complexity index is 314. The van der Waals surface area contributed by atoms with Gasteiger partial charge in [-0.1, -0.05) is 0 Å². The maximum atomic E-state index is 4.98. The highest BCUT2D eigenvalue weighted by Crippen LogP contribution is 2.17. The summed E-state index contributed by atoms with van der Waals surface area (Å²) >= 11 is 0. The number of methoxy groups -OCH3 is 1. The SMILES string of the molecule is COCc1ncc2c(n1)CN(C)C2.